The molecule has 1 aromatic rings. The third-order valence-electron chi connectivity index (χ3n) is 1.68. The number of rotatable bonds is 3. The molecular weight excluding hydrogens is 189 g/mol. The van der Waals surface area contributed by atoms with Crippen LogP contribution in [0.25, 0.3) is 0 Å². The minimum absolute atomic E-state index is 0.266. The Bertz CT molecular complexity index is 302. The van der Waals surface area contributed by atoms with Gasteiger partial charge < -0.3 is 5.32 Å². The summed E-state index contributed by atoms with van der Waals surface area (Å²) in [6, 6.07) is 4.92. The molecule has 70 valence electrons. The predicted molar refractivity (Wildman–Crippen MR) is 54.6 cm³/mol. The molecule has 0 aliphatic carbocycles. The van der Waals surface area contributed by atoms with E-state index in [0.717, 1.165) is 5.56 Å². The number of hydrogen-bond donors (Lipinski definition) is 1. The molecule has 0 fully saturated rings. The largest absolute Gasteiger partial charge is 0.378 e. The van der Waals surface area contributed by atoms with Crippen molar-refractivity contribution >= 4 is 17.3 Å². The van der Waals surface area contributed by atoms with E-state index in [1.807, 2.05) is 13.0 Å². The molecule has 0 aliphatic heterocycles. The molecule has 0 aromatic heterocycles. The van der Waals surface area contributed by atoms with Gasteiger partial charge in [0.2, 0.25) is 0 Å². The Kier molecular flexibility index (Phi) is 3.32. The fourth-order valence-corrected chi connectivity index (χ4v) is 1.11. The molecule has 0 aliphatic rings. The van der Waals surface area contributed by atoms with E-state index < -0.39 is 0 Å². The van der Waals surface area contributed by atoms with Crippen molar-refractivity contribution < 1.29 is 4.39 Å². The fraction of sp³-hybridized carbons (Fsp3) is 0.200. The lowest BCUT2D eigenvalue weighted by molar-refractivity contribution is 0.630. The van der Waals surface area contributed by atoms with Crippen molar-refractivity contribution in [2.45, 2.75) is 6.92 Å². The van der Waals surface area contributed by atoms with Crippen LogP contribution in [0, 0.1) is 12.7 Å². The van der Waals surface area contributed by atoms with Gasteiger partial charge in [0.1, 0.15) is 5.82 Å². The number of hydrogen-bond acceptors (Lipinski definition) is 1. The minimum Gasteiger partial charge on any atom is -0.378 e. The minimum atomic E-state index is -0.266. The van der Waals surface area contributed by atoms with Gasteiger partial charge in [-0.15, -0.1) is 0 Å². The number of anilines is 1. The van der Waals surface area contributed by atoms with E-state index in [2.05, 4.69) is 11.9 Å². The highest BCUT2D eigenvalue weighted by Crippen LogP contribution is 2.18. The summed E-state index contributed by atoms with van der Waals surface area (Å²) in [5, 5.41) is 3.33. The number of para-hydroxylation sites is 1. The van der Waals surface area contributed by atoms with Gasteiger partial charge in [0, 0.05) is 5.03 Å². The zero-order chi connectivity index (χ0) is 9.84. The highest BCUT2D eigenvalue weighted by atomic mass is 35.5. The van der Waals surface area contributed by atoms with Crippen LogP contribution in [0.1, 0.15) is 5.56 Å². The van der Waals surface area contributed by atoms with Gasteiger partial charge in [0.05, 0.1) is 12.2 Å². The zero-order valence-corrected chi connectivity index (χ0v) is 8.16. The highest BCUT2D eigenvalue weighted by Gasteiger charge is 2.03. The zero-order valence-electron chi connectivity index (χ0n) is 7.40. The molecule has 0 heterocycles. The lowest BCUT2D eigenvalue weighted by atomic mass is 10.2. The molecule has 0 saturated carbocycles. The second kappa shape index (κ2) is 4.28. The summed E-state index contributed by atoms with van der Waals surface area (Å²) in [4.78, 5) is 0. The Morgan fingerprint density at radius 2 is 2.31 bits per heavy atom. The molecule has 3 heteroatoms. The van der Waals surface area contributed by atoms with Gasteiger partial charge in [0.15, 0.2) is 0 Å². The first-order valence-corrected chi connectivity index (χ1v) is 4.31. The molecule has 1 rings (SSSR count). The van der Waals surface area contributed by atoms with Gasteiger partial charge in [-0.1, -0.05) is 30.3 Å². The SMILES string of the molecule is C=C(Cl)CNc1c(C)cccc1F. The van der Waals surface area contributed by atoms with Crippen LogP contribution in [0.4, 0.5) is 10.1 Å². The van der Waals surface area contributed by atoms with E-state index in [1.54, 1.807) is 6.07 Å². The lowest BCUT2D eigenvalue weighted by Crippen LogP contribution is -2.04. The number of halogens is 2. The van der Waals surface area contributed by atoms with Crippen LogP contribution >= 0.6 is 11.6 Å². The second-order valence-corrected chi connectivity index (χ2v) is 3.34. The van der Waals surface area contributed by atoms with Gasteiger partial charge >= 0.3 is 0 Å². The molecule has 0 atom stereocenters. The van der Waals surface area contributed by atoms with Gasteiger partial charge in [-0.2, -0.15) is 0 Å². The second-order valence-electron chi connectivity index (χ2n) is 2.80. The van der Waals surface area contributed by atoms with Crippen molar-refractivity contribution in [3.8, 4) is 0 Å². The molecule has 0 spiro atoms. The summed E-state index contributed by atoms with van der Waals surface area (Å²) in [5.41, 5.74) is 1.35. The summed E-state index contributed by atoms with van der Waals surface area (Å²) in [6.45, 7) is 5.72. The number of aryl methyl sites for hydroxylation is 1. The average Bonchev–Trinajstić information content (AvgIpc) is 2.03. The third kappa shape index (κ3) is 2.74. The van der Waals surface area contributed by atoms with Crippen LogP contribution in [0.15, 0.2) is 29.8 Å². The number of nitrogens with one attached hydrogen (secondary N) is 1. The molecule has 13 heavy (non-hydrogen) atoms. The van der Waals surface area contributed by atoms with Crippen LogP contribution in [-0.4, -0.2) is 6.54 Å². The van der Waals surface area contributed by atoms with Crippen molar-refractivity contribution in [2.24, 2.45) is 0 Å². The van der Waals surface area contributed by atoms with Crippen LogP contribution in [0.5, 0.6) is 0 Å². The van der Waals surface area contributed by atoms with Gasteiger partial charge in [0.25, 0.3) is 0 Å². The maximum absolute atomic E-state index is 13.2. The van der Waals surface area contributed by atoms with Crippen LogP contribution in [0.2, 0.25) is 0 Å². The first kappa shape index (κ1) is 10.1. The van der Waals surface area contributed by atoms with Crippen LogP contribution < -0.4 is 5.32 Å². The lowest BCUT2D eigenvalue weighted by Gasteiger charge is -2.08. The summed E-state index contributed by atoms with van der Waals surface area (Å²) in [6.07, 6.45) is 0. The van der Waals surface area contributed by atoms with Crippen molar-refractivity contribution in [1.82, 2.24) is 0 Å². The fourth-order valence-electron chi connectivity index (χ4n) is 1.04. The van der Waals surface area contributed by atoms with Crippen molar-refractivity contribution in [1.29, 1.82) is 0 Å². The first-order valence-electron chi connectivity index (χ1n) is 3.93. The Balaban J connectivity index is 2.81. The van der Waals surface area contributed by atoms with Crippen molar-refractivity contribution in [3.05, 3.63) is 41.2 Å². The Morgan fingerprint density at radius 1 is 1.62 bits per heavy atom. The standard InChI is InChI=1S/C10H11ClFN/c1-7-4-3-5-9(12)10(7)13-6-8(2)11/h3-5,13H,2,6H2,1H3. The Hall–Kier alpha value is -1.02. The van der Waals surface area contributed by atoms with E-state index in [-0.39, 0.29) is 5.82 Å². The summed E-state index contributed by atoms with van der Waals surface area (Å²) in [7, 11) is 0. The van der Waals surface area contributed by atoms with Crippen molar-refractivity contribution in [3.63, 3.8) is 0 Å². The van der Waals surface area contributed by atoms with E-state index >= 15 is 0 Å². The van der Waals surface area contributed by atoms with E-state index in [1.165, 1.54) is 6.07 Å². The summed E-state index contributed by atoms with van der Waals surface area (Å²) >= 11 is 5.55. The third-order valence-corrected chi connectivity index (χ3v) is 1.81. The molecule has 1 nitrogen and oxygen atoms in total. The van der Waals surface area contributed by atoms with Gasteiger partial charge in [-0.05, 0) is 18.6 Å². The first-order chi connectivity index (χ1) is 6.11. The van der Waals surface area contributed by atoms with Crippen LogP contribution in [0.3, 0.4) is 0 Å². The summed E-state index contributed by atoms with van der Waals surface area (Å²) in [5.74, 6) is -0.266. The Labute approximate surface area is 82.2 Å². The van der Waals surface area contributed by atoms with E-state index in [0.29, 0.717) is 17.3 Å². The summed E-state index contributed by atoms with van der Waals surface area (Å²) < 4.78 is 13.2. The topological polar surface area (TPSA) is 12.0 Å². The molecular formula is C10H11ClFN. The molecule has 0 radical (unpaired) electrons. The quantitative estimate of drug-likeness (QED) is 0.788. The number of benzene rings is 1. The molecule has 0 unspecified atom stereocenters. The average molecular weight is 200 g/mol. The molecule has 0 bridgehead atoms. The van der Waals surface area contributed by atoms with Crippen LogP contribution in [-0.2, 0) is 0 Å². The van der Waals surface area contributed by atoms with E-state index in [9.17, 15) is 4.39 Å². The highest BCUT2D eigenvalue weighted by molar-refractivity contribution is 6.29. The molecule has 1 N–H and O–H groups in total. The molecule has 0 amide bonds. The monoisotopic (exact) mass is 199 g/mol. The van der Waals surface area contributed by atoms with Crippen molar-refractivity contribution in [2.75, 3.05) is 11.9 Å². The van der Waals surface area contributed by atoms with E-state index in [4.69, 9.17) is 11.6 Å². The molecule has 1 aromatic carbocycles. The van der Waals surface area contributed by atoms with Gasteiger partial charge in [-0.25, -0.2) is 4.39 Å². The maximum Gasteiger partial charge on any atom is 0.146 e. The molecule has 0 saturated heterocycles. The normalized spacial score (nSPS) is 9.77. The van der Waals surface area contributed by atoms with Gasteiger partial charge in [-0.3, -0.25) is 0 Å². The smallest absolute Gasteiger partial charge is 0.146 e. The predicted octanol–water partition coefficient (Wildman–Crippen LogP) is 3.30. The Morgan fingerprint density at radius 3 is 2.85 bits per heavy atom. The maximum atomic E-state index is 13.2.